The third-order valence-corrected chi connectivity index (χ3v) is 5.15. The third-order valence-electron chi connectivity index (χ3n) is 3.66. The number of thioether (sulfide) groups is 1. The van der Waals surface area contributed by atoms with Gasteiger partial charge in [0.05, 0.1) is 6.10 Å². The summed E-state index contributed by atoms with van der Waals surface area (Å²) in [7, 11) is 0. The number of hydrogen-bond acceptors (Lipinski definition) is 2. The standard InChI is InChI=1S/C13H16F2OS/c1-17-13(6-3-7-13)11(16)8-9-4-2-5-10(14)12(9)15/h2,4-5,11,16H,3,6-8H2,1H3. The third kappa shape index (κ3) is 2.33. The van der Waals surface area contributed by atoms with Crippen LogP contribution < -0.4 is 0 Å². The predicted octanol–water partition coefficient (Wildman–Crippen LogP) is 3.15. The van der Waals surface area contributed by atoms with Crippen LogP contribution in [0.25, 0.3) is 0 Å². The van der Waals surface area contributed by atoms with Gasteiger partial charge in [-0.3, -0.25) is 0 Å². The maximum absolute atomic E-state index is 13.5. The zero-order chi connectivity index (χ0) is 12.5. The molecule has 1 aliphatic carbocycles. The maximum Gasteiger partial charge on any atom is 0.162 e. The summed E-state index contributed by atoms with van der Waals surface area (Å²) < 4.78 is 26.4. The van der Waals surface area contributed by atoms with Gasteiger partial charge in [0, 0.05) is 11.2 Å². The van der Waals surface area contributed by atoms with Gasteiger partial charge in [-0.1, -0.05) is 18.6 Å². The molecule has 17 heavy (non-hydrogen) atoms. The Morgan fingerprint density at radius 3 is 2.65 bits per heavy atom. The first kappa shape index (κ1) is 12.8. The van der Waals surface area contributed by atoms with Crippen LogP contribution in [0.3, 0.4) is 0 Å². The van der Waals surface area contributed by atoms with Crippen LogP contribution in [0.4, 0.5) is 8.78 Å². The van der Waals surface area contributed by atoms with Crippen molar-refractivity contribution >= 4 is 11.8 Å². The fourth-order valence-electron chi connectivity index (χ4n) is 2.30. The lowest BCUT2D eigenvalue weighted by atomic mass is 9.78. The van der Waals surface area contributed by atoms with Crippen LogP contribution >= 0.6 is 11.8 Å². The highest BCUT2D eigenvalue weighted by Gasteiger charge is 2.42. The number of benzene rings is 1. The first-order valence-electron chi connectivity index (χ1n) is 5.75. The lowest BCUT2D eigenvalue weighted by molar-refractivity contribution is 0.0869. The van der Waals surface area contributed by atoms with Crippen molar-refractivity contribution in [2.45, 2.75) is 36.5 Å². The summed E-state index contributed by atoms with van der Waals surface area (Å²) in [5.74, 6) is -1.68. The SMILES string of the molecule is CSC1(C(O)Cc2cccc(F)c2F)CCC1. The van der Waals surface area contributed by atoms with Crippen molar-refractivity contribution < 1.29 is 13.9 Å². The second kappa shape index (κ2) is 4.94. The van der Waals surface area contributed by atoms with Crippen molar-refractivity contribution in [3.8, 4) is 0 Å². The van der Waals surface area contributed by atoms with Crippen molar-refractivity contribution in [1.82, 2.24) is 0 Å². The molecule has 94 valence electrons. The van der Waals surface area contributed by atoms with Crippen LogP contribution in [0.2, 0.25) is 0 Å². The van der Waals surface area contributed by atoms with E-state index in [0.29, 0.717) is 0 Å². The Morgan fingerprint density at radius 2 is 2.12 bits per heavy atom. The molecule has 0 radical (unpaired) electrons. The molecule has 0 amide bonds. The van der Waals surface area contributed by atoms with Gasteiger partial charge < -0.3 is 5.11 Å². The summed E-state index contributed by atoms with van der Waals surface area (Å²) in [6.45, 7) is 0. The molecule has 0 heterocycles. The van der Waals surface area contributed by atoms with E-state index in [-0.39, 0.29) is 16.7 Å². The molecular weight excluding hydrogens is 242 g/mol. The number of halogens is 2. The second-order valence-corrected chi connectivity index (χ2v) is 5.78. The quantitative estimate of drug-likeness (QED) is 0.895. The van der Waals surface area contributed by atoms with Crippen molar-refractivity contribution in [2.75, 3.05) is 6.26 Å². The largest absolute Gasteiger partial charge is 0.391 e. The highest BCUT2D eigenvalue weighted by Crippen LogP contribution is 2.46. The number of hydrogen-bond donors (Lipinski definition) is 1. The zero-order valence-electron chi connectivity index (χ0n) is 9.75. The highest BCUT2D eigenvalue weighted by molar-refractivity contribution is 8.00. The van der Waals surface area contributed by atoms with E-state index in [1.807, 2.05) is 6.26 Å². The lowest BCUT2D eigenvalue weighted by Gasteiger charge is -2.44. The molecule has 1 aliphatic rings. The molecule has 0 aromatic heterocycles. The minimum atomic E-state index is -0.846. The topological polar surface area (TPSA) is 20.2 Å². The molecule has 1 N–H and O–H groups in total. The molecule has 0 saturated heterocycles. The van der Waals surface area contributed by atoms with E-state index in [9.17, 15) is 13.9 Å². The summed E-state index contributed by atoms with van der Waals surface area (Å²) in [5, 5.41) is 10.2. The van der Waals surface area contributed by atoms with Crippen LogP contribution in [0.5, 0.6) is 0 Å². The minimum Gasteiger partial charge on any atom is -0.391 e. The van der Waals surface area contributed by atoms with Gasteiger partial charge in [-0.15, -0.1) is 0 Å². The lowest BCUT2D eigenvalue weighted by Crippen LogP contribution is -2.46. The Morgan fingerprint density at radius 1 is 1.41 bits per heavy atom. The van der Waals surface area contributed by atoms with Crippen molar-refractivity contribution in [3.05, 3.63) is 35.4 Å². The average Bonchev–Trinajstić information content (AvgIpc) is 2.24. The van der Waals surface area contributed by atoms with Gasteiger partial charge in [0.2, 0.25) is 0 Å². The molecular formula is C13H16F2OS. The predicted molar refractivity (Wildman–Crippen MR) is 66.2 cm³/mol. The summed E-state index contributed by atoms with van der Waals surface area (Å²) in [4.78, 5) is 0. The smallest absolute Gasteiger partial charge is 0.162 e. The molecule has 1 saturated carbocycles. The first-order chi connectivity index (χ1) is 8.09. The highest BCUT2D eigenvalue weighted by atomic mass is 32.2. The molecule has 1 atom stereocenters. The summed E-state index contributed by atoms with van der Waals surface area (Å²) in [5.41, 5.74) is 0.262. The Kier molecular flexibility index (Phi) is 3.73. The fraction of sp³-hybridized carbons (Fsp3) is 0.538. The van der Waals surface area contributed by atoms with Gasteiger partial charge in [-0.2, -0.15) is 11.8 Å². The van der Waals surface area contributed by atoms with Crippen LogP contribution in [0.1, 0.15) is 24.8 Å². The summed E-state index contributed by atoms with van der Waals surface area (Å²) in [6, 6.07) is 4.11. The first-order valence-corrected chi connectivity index (χ1v) is 6.97. The number of aliphatic hydroxyl groups excluding tert-OH is 1. The van der Waals surface area contributed by atoms with Crippen molar-refractivity contribution in [1.29, 1.82) is 0 Å². The zero-order valence-corrected chi connectivity index (χ0v) is 10.6. The average molecular weight is 258 g/mol. The molecule has 0 aliphatic heterocycles. The van der Waals surface area contributed by atoms with Gasteiger partial charge in [0.25, 0.3) is 0 Å². The molecule has 2 rings (SSSR count). The van der Waals surface area contributed by atoms with E-state index in [4.69, 9.17) is 0 Å². The van der Waals surface area contributed by atoms with E-state index >= 15 is 0 Å². The van der Waals surface area contributed by atoms with Crippen molar-refractivity contribution in [3.63, 3.8) is 0 Å². The molecule has 1 fully saturated rings. The van der Waals surface area contributed by atoms with Gasteiger partial charge in [0.1, 0.15) is 0 Å². The second-order valence-electron chi connectivity index (χ2n) is 4.56. The van der Waals surface area contributed by atoms with Crippen molar-refractivity contribution in [2.24, 2.45) is 0 Å². The Hall–Kier alpha value is -0.610. The van der Waals surface area contributed by atoms with E-state index in [1.54, 1.807) is 11.8 Å². The van der Waals surface area contributed by atoms with E-state index in [1.165, 1.54) is 12.1 Å². The van der Waals surface area contributed by atoms with E-state index < -0.39 is 17.7 Å². The van der Waals surface area contributed by atoms with Crippen LogP contribution in [-0.4, -0.2) is 22.2 Å². The summed E-state index contributed by atoms with van der Waals surface area (Å²) in [6.07, 6.45) is 4.54. The van der Waals surface area contributed by atoms with E-state index in [0.717, 1.165) is 25.3 Å². The number of aliphatic hydroxyl groups is 1. The molecule has 1 aromatic carbocycles. The van der Waals surface area contributed by atoms with Gasteiger partial charge in [-0.05, 0) is 30.7 Å². The number of rotatable bonds is 4. The molecule has 4 heteroatoms. The Labute approximate surface area is 104 Å². The Balaban J connectivity index is 2.13. The maximum atomic E-state index is 13.5. The van der Waals surface area contributed by atoms with Gasteiger partial charge in [0.15, 0.2) is 11.6 Å². The fourth-order valence-corrected chi connectivity index (χ4v) is 3.35. The van der Waals surface area contributed by atoms with Crippen LogP contribution in [0, 0.1) is 11.6 Å². The van der Waals surface area contributed by atoms with Crippen LogP contribution in [0.15, 0.2) is 18.2 Å². The monoisotopic (exact) mass is 258 g/mol. The van der Waals surface area contributed by atoms with Gasteiger partial charge in [-0.25, -0.2) is 8.78 Å². The molecule has 1 aromatic rings. The Bertz CT molecular complexity index is 399. The molecule has 1 unspecified atom stereocenters. The van der Waals surface area contributed by atoms with Gasteiger partial charge >= 0.3 is 0 Å². The minimum absolute atomic E-state index is 0.154. The normalized spacial score (nSPS) is 19.8. The van der Waals surface area contributed by atoms with E-state index in [2.05, 4.69) is 0 Å². The molecule has 1 nitrogen and oxygen atoms in total. The summed E-state index contributed by atoms with van der Waals surface area (Å²) >= 11 is 1.63. The van der Waals surface area contributed by atoms with Crippen LogP contribution in [-0.2, 0) is 6.42 Å². The molecule has 0 bridgehead atoms. The molecule has 0 spiro atoms.